The first-order valence-corrected chi connectivity index (χ1v) is 5.07. The number of nitrogens with zero attached hydrogens (tertiary/aromatic N) is 1. The van der Waals surface area contributed by atoms with Gasteiger partial charge in [0.1, 0.15) is 0 Å². The Hall–Kier alpha value is -1.06. The van der Waals surface area contributed by atoms with Crippen LogP contribution in [0.5, 0.6) is 0 Å². The van der Waals surface area contributed by atoms with Crippen LogP contribution in [0.3, 0.4) is 0 Å². The van der Waals surface area contributed by atoms with E-state index in [1.165, 1.54) is 24.2 Å². The summed E-state index contributed by atoms with van der Waals surface area (Å²) in [6, 6.07) is 0. The molecule has 0 N–H and O–H groups in total. The molecule has 1 saturated carbocycles. The molecule has 0 aromatic heterocycles. The lowest BCUT2D eigenvalue weighted by molar-refractivity contribution is -0.159. The smallest absolute Gasteiger partial charge is 0.396 e. The quantitative estimate of drug-likeness (QED) is 0.499. The van der Waals surface area contributed by atoms with E-state index in [0.29, 0.717) is 12.5 Å². The fourth-order valence-electron chi connectivity index (χ4n) is 1.49. The number of ether oxygens (including phenoxy) is 1. The van der Waals surface area contributed by atoms with Gasteiger partial charge in [-0.3, -0.25) is 4.79 Å². The summed E-state index contributed by atoms with van der Waals surface area (Å²) >= 11 is 0. The Morgan fingerprint density at radius 2 is 2.07 bits per heavy atom. The van der Waals surface area contributed by atoms with Crippen molar-refractivity contribution in [2.24, 2.45) is 5.92 Å². The maximum absolute atomic E-state index is 11.4. The molecular formula is C10H17NO3. The Labute approximate surface area is 84.2 Å². The van der Waals surface area contributed by atoms with Gasteiger partial charge in [-0.1, -0.05) is 6.42 Å². The van der Waals surface area contributed by atoms with Crippen molar-refractivity contribution in [3.63, 3.8) is 0 Å². The molecule has 0 saturated heterocycles. The molecule has 0 spiro atoms. The molecule has 0 aromatic rings. The Morgan fingerprint density at radius 3 is 2.50 bits per heavy atom. The van der Waals surface area contributed by atoms with Gasteiger partial charge in [0.15, 0.2) is 0 Å². The standard InChI is InChI=1S/C10H17NO3/c1-3-14-10(13)9(12)11(2)7-8-5-4-6-8/h8H,3-7H2,1-2H3. The molecule has 1 fully saturated rings. The van der Waals surface area contributed by atoms with Crippen molar-refractivity contribution in [1.82, 2.24) is 4.90 Å². The highest BCUT2D eigenvalue weighted by molar-refractivity contribution is 6.32. The van der Waals surface area contributed by atoms with Crippen LogP contribution in [0, 0.1) is 5.92 Å². The second-order valence-electron chi connectivity index (χ2n) is 3.70. The van der Waals surface area contributed by atoms with E-state index in [0.717, 1.165) is 0 Å². The lowest BCUT2D eigenvalue weighted by atomic mass is 9.85. The highest BCUT2D eigenvalue weighted by Gasteiger charge is 2.25. The predicted molar refractivity (Wildman–Crippen MR) is 51.6 cm³/mol. The zero-order valence-corrected chi connectivity index (χ0v) is 8.78. The number of amides is 1. The normalized spacial score (nSPS) is 15.9. The van der Waals surface area contributed by atoms with E-state index in [1.54, 1.807) is 14.0 Å². The van der Waals surface area contributed by atoms with E-state index in [1.807, 2.05) is 0 Å². The van der Waals surface area contributed by atoms with E-state index in [2.05, 4.69) is 4.74 Å². The monoisotopic (exact) mass is 199 g/mol. The minimum Gasteiger partial charge on any atom is -0.459 e. The summed E-state index contributed by atoms with van der Waals surface area (Å²) in [7, 11) is 1.65. The van der Waals surface area contributed by atoms with E-state index in [4.69, 9.17) is 0 Å². The molecule has 0 aliphatic heterocycles. The molecule has 1 rings (SSSR count). The van der Waals surface area contributed by atoms with Gasteiger partial charge < -0.3 is 9.64 Å². The van der Waals surface area contributed by atoms with Gasteiger partial charge in [0.25, 0.3) is 0 Å². The molecule has 4 heteroatoms. The largest absolute Gasteiger partial charge is 0.459 e. The lowest BCUT2D eigenvalue weighted by Gasteiger charge is -2.29. The average Bonchev–Trinajstić information content (AvgIpc) is 2.10. The minimum atomic E-state index is -0.741. The average molecular weight is 199 g/mol. The first kappa shape index (κ1) is 11.0. The maximum atomic E-state index is 11.4. The molecule has 0 aromatic carbocycles. The van der Waals surface area contributed by atoms with Crippen molar-refractivity contribution in [2.45, 2.75) is 26.2 Å². The molecule has 1 aliphatic rings. The number of rotatable bonds is 3. The van der Waals surface area contributed by atoms with Crippen LogP contribution < -0.4 is 0 Å². The fourth-order valence-corrected chi connectivity index (χ4v) is 1.49. The second-order valence-corrected chi connectivity index (χ2v) is 3.70. The van der Waals surface area contributed by atoms with E-state index >= 15 is 0 Å². The van der Waals surface area contributed by atoms with Gasteiger partial charge in [0, 0.05) is 13.6 Å². The zero-order valence-electron chi connectivity index (χ0n) is 8.78. The number of hydrogen-bond donors (Lipinski definition) is 0. The van der Waals surface area contributed by atoms with Crippen molar-refractivity contribution in [3.05, 3.63) is 0 Å². The Morgan fingerprint density at radius 1 is 1.43 bits per heavy atom. The van der Waals surface area contributed by atoms with Gasteiger partial charge in [-0.25, -0.2) is 4.79 Å². The molecule has 0 atom stereocenters. The third-order valence-electron chi connectivity index (χ3n) is 2.55. The van der Waals surface area contributed by atoms with Gasteiger partial charge in [-0.15, -0.1) is 0 Å². The maximum Gasteiger partial charge on any atom is 0.396 e. The predicted octanol–water partition coefficient (Wildman–Crippen LogP) is 0.808. The van der Waals surface area contributed by atoms with Crippen LogP contribution in [0.2, 0.25) is 0 Å². The number of esters is 1. The van der Waals surface area contributed by atoms with Crippen LogP contribution in [0.25, 0.3) is 0 Å². The second kappa shape index (κ2) is 4.98. The molecule has 14 heavy (non-hydrogen) atoms. The Bertz CT molecular complexity index is 223. The summed E-state index contributed by atoms with van der Waals surface area (Å²) in [5, 5.41) is 0. The van der Waals surface area contributed by atoms with Crippen LogP contribution >= 0.6 is 0 Å². The van der Waals surface area contributed by atoms with E-state index < -0.39 is 11.9 Å². The molecule has 4 nitrogen and oxygen atoms in total. The van der Waals surface area contributed by atoms with Gasteiger partial charge in [0.05, 0.1) is 6.61 Å². The van der Waals surface area contributed by atoms with Crippen LogP contribution in [0.1, 0.15) is 26.2 Å². The summed E-state index contributed by atoms with van der Waals surface area (Å²) in [5.74, 6) is -0.688. The van der Waals surface area contributed by atoms with Crippen molar-refractivity contribution < 1.29 is 14.3 Å². The minimum absolute atomic E-state index is 0.252. The molecule has 0 heterocycles. The summed E-state index contributed by atoms with van der Waals surface area (Å²) in [4.78, 5) is 23.9. The Kier molecular flexibility index (Phi) is 3.92. The molecule has 80 valence electrons. The SMILES string of the molecule is CCOC(=O)C(=O)N(C)CC1CCC1. The number of carbonyl (C=O) groups excluding carboxylic acids is 2. The number of carbonyl (C=O) groups is 2. The van der Waals surface area contributed by atoms with Crippen LogP contribution in [0.15, 0.2) is 0 Å². The third-order valence-corrected chi connectivity index (χ3v) is 2.55. The summed E-state index contributed by atoms with van der Waals surface area (Å²) < 4.78 is 4.63. The molecule has 1 amide bonds. The van der Waals surface area contributed by atoms with E-state index in [-0.39, 0.29) is 6.61 Å². The van der Waals surface area contributed by atoms with Gasteiger partial charge >= 0.3 is 11.9 Å². The number of hydrogen-bond acceptors (Lipinski definition) is 3. The van der Waals surface area contributed by atoms with Gasteiger partial charge in [-0.05, 0) is 25.7 Å². The van der Waals surface area contributed by atoms with Crippen LogP contribution in [-0.2, 0) is 14.3 Å². The zero-order chi connectivity index (χ0) is 10.6. The van der Waals surface area contributed by atoms with Crippen molar-refractivity contribution >= 4 is 11.9 Å². The van der Waals surface area contributed by atoms with Crippen LogP contribution in [-0.4, -0.2) is 37.0 Å². The highest BCUT2D eigenvalue weighted by Crippen LogP contribution is 2.26. The number of likely N-dealkylation sites (N-methyl/N-ethyl adjacent to an activating group) is 1. The lowest BCUT2D eigenvalue weighted by Crippen LogP contribution is -2.39. The van der Waals surface area contributed by atoms with E-state index in [9.17, 15) is 9.59 Å². The van der Waals surface area contributed by atoms with Crippen LogP contribution in [0.4, 0.5) is 0 Å². The molecule has 1 aliphatic carbocycles. The van der Waals surface area contributed by atoms with Gasteiger partial charge in [0.2, 0.25) is 0 Å². The van der Waals surface area contributed by atoms with Gasteiger partial charge in [-0.2, -0.15) is 0 Å². The molecular weight excluding hydrogens is 182 g/mol. The van der Waals surface area contributed by atoms with Crippen molar-refractivity contribution in [2.75, 3.05) is 20.2 Å². The topological polar surface area (TPSA) is 46.6 Å². The summed E-state index contributed by atoms with van der Waals surface area (Å²) in [6.45, 7) is 2.62. The highest BCUT2D eigenvalue weighted by atomic mass is 16.5. The first-order valence-electron chi connectivity index (χ1n) is 5.07. The summed E-state index contributed by atoms with van der Waals surface area (Å²) in [6.07, 6.45) is 3.58. The fraction of sp³-hybridized carbons (Fsp3) is 0.800. The van der Waals surface area contributed by atoms with Crippen molar-refractivity contribution in [1.29, 1.82) is 0 Å². The first-order chi connectivity index (χ1) is 6.65. The molecule has 0 bridgehead atoms. The molecule has 0 unspecified atom stereocenters. The summed E-state index contributed by atoms with van der Waals surface area (Å²) in [5.41, 5.74) is 0. The molecule has 0 radical (unpaired) electrons. The Balaban J connectivity index is 2.30. The van der Waals surface area contributed by atoms with Crippen molar-refractivity contribution in [3.8, 4) is 0 Å². The third kappa shape index (κ3) is 2.72.